The fourth-order valence-electron chi connectivity index (χ4n) is 1.79. The minimum absolute atomic E-state index is 0.523. The Labute approximate surface area is 90.2 Å². The summed E-state index contributed by atoms with van der Waals surface area (Å²) in [7, 11) is 0. The molecule has 1 aliphatic rings. The third-order valence-electron chi connectivity index (χ3n) is 3.18. The monoisotopic (exact) mass is 206 g/mol. The van der Waals surface area contributed by atoms with Crippen molar-refractivity contribution in [2.24, 2.45) is 17.2 Å². The number of hydrogen-bond acceptors (Lipinski definition) is 4. The molecule has 4 heteroatoms. The predicted octanol–water partition coefficient (Wildman–Crippen LogP) is 1.83. The lowest BCUT2D eigenvalue weighted by Gasteiger charge is -2.08. The van der Waals surface area contributed by atoms with Gasteiger partial charge in [0.15, 0.2) is 0 Å². The summed E-state index contributed by atoms with van der Waals surface area (Å²) in [5.41, 5.74) is 4.13. The van der Waals surface area contributed by atoms with Gasteiger partial charge in [0.1, 0.15) is 5.82 Å². The van der Waals surface area contributed by atoms with E-state index in [1.807, 2.05) is 12.1 Å². The highest BCUT2D eigenvalue weighted by molar-refractivity contribution is 5.51. The molecule has 0 saturated heterocycles. The molecule has 1 saturated carbocycles. The van der Waals surface area contributed by atoms with Crippen LogP contribution < -0.4 is 16.6 Å². The molecular formula is C11H18N4. The highest BCUT2D eigenvalue weighted by atomic mass is 15.2. The molecule has 1 aromatic rings. The van der Waals surface area contributed by atoms with E-state index in [0.29, 0.717) is 11.2 Å². The molecule has 0 bridgehead atoms. The molecule has 4 nitrogen and oxygen atoms in total. The minimum Gasteiger partial charge on any atom is -0.385 e. The van der Waals surface area contributed by atoms with E-state index in [2.05, 4.69) is 29.6 Å². The maximum atomic E-state index is 5.29. The minimum atomic E-state index is 0.523. The van der Waals surface area contributed by atoms with E-state index in [0.717, 1.165) is 18.2 Å². The van der Waals surface area contributed by atoms with Crippen molar-refractivity contribution in [1.29, 1.82) is 0 Å². The van der Waals surface area contributed by atoms with Gasteiger partial charge in [-0.3, -0.25) is 0 Å². The van der Waals surface area contributed by atoms with Crippen molar-refractivity contribution < 1.29 is 0 Å². The number of nitrogens with zero attached hydrogens (tertiary/aromatic N) is 1. The summed E-state index contributed by atoms with van der Waals surface area (Å²) in [5.74, 6) is 6.77. The number of anilines is 2. The number of nitrogens with two attached hydrogens (primary N) is 1. The summed E-state index contributed by atoms with van der Waals surface area (Å²) < 4.78 is 0. The van der Waals surface area contributed by atoms with E-state index < -0.39 is 0 Å². The molecule has 1 unspecified atom stereocenters. The van der Waals surface area contributed by atoms with Crippen LogP contribution in [0.3, 0.4) is 0 Å². The maximum absolute atomic E-state index is 5.29. The molecule has 4 N–H and O–H groups in total. The fraction of sp³-hybridized carbons (Fsp3) is 0.545. The lowest BCUT2D eigenvalue weighted by Crippen LogP contribution is -2.10. The van der Waals surface area contributed by atoms with E-state index in [1.165, 1.54) is 6.42 Å². The largest absolute Gasteiger partial charge is 0.385 e. The lowest BCUT2D eigenvalue weighted by molar-refractivity contribution is 0.573. The molecule has 1 aromatic heterocycles. The van der Waals surface area contributed by atoms with Crippen LogP contribution in [-0.4, -0.2) is 11.5 Å². The van der Waals surface area contributed by atoms with Gasteiger partial charge in [-0.15, -0.1) is 0 Å². The molecule has 82 valence electrons. The molecule has 1 heterocycles. The van der Waals surface area contributed by atoms with Crippen molar-refractivity contribution in [3.05, 3.63) is 18.3 Å². The van der Waals surface area contributed by atoms with Gasteiger partial charge in [0.05, 0.1) is 0 Å². The Morgan fingerprint density at radius 2 is 2.33 bits per heavy atom. The van der Waals surface area contributed by atoms with Gasteiger partial charge in [0.25, 0.3) is 0 Å². The van der Waals surface area contributed by atoms with Crippen molar-refractivity contribution in [3.8, 4) is 0 Å². The van der Waals surface area contributed by atoms with Gasteiger partial charge in [-0.1, -0.05) is 13.8 Å². The van der Waals surface area contributed by atoms with Gasteiger partial charge in [-0.25, -0.2) is 10.8 Å². The summed E-state index contributed by atoms with van der Waals surface area (Å²) >= 11 is 0. The molecule has 0 radical (unpaired) electrons. The van der Waals surface area contributed by atoms with Gasteiger partial charge in [0, 0.05) is 24.5 Å². The molecule has 0 aromatic carbocycles. The molecule has 0 spiro atoms. The third-order valence-corrected chi connectivity index (χ3v) is 3.18. The number of hydrogen-bond donors (Lipinski definition) is 3. The Kier molecular flexibility index (Phi) is 2.52. The van der Waals surface area contributed by atoms with Crippen LogP contribution in [0.4, 0.5) is 11.5 Å². The van der Waals surface area contributed by atoms with E-state index in [-0.39, 0.29) is 0 Å². The fourth-order valence-corrected chi connectivity index (χ4v) is 1.79. The Balaban J connectivity index is 1.88. The summed E-state index contributed by atoms with van der Waals surface area (Å²) in [6, 6.07) is 3.87. The van der Waals surface area contributed by atoms with Crippen molar-refractivity contribution in [3.63, 3.8) is 0 Å². The van der Waals surface area contributed by atoms with Crippen LogP contribution in [0.2, 0.25) is 0 Å². The summed E-state index contributed by atoms with van der Waals surface area (Å²) in [6.07, 6.45) is 3.06. The molecule has 0 amide bonds. The van der Waals surface area contributed by atoms with Crippen molar-refractivity contribution in [1.82, 2.24) is 4.98 Å². The van der Waals surface area contributed by atoms with Crippen molar-refractivity contribution in [2.75, 3.05) is 17.3 Å². The van der Waals surface area contributed by atoms with Crippen molar-refractivity contribution in [2.45, 2.75) is 20.3 Å². The Hall–Kier alpha value is -1.29. The predicted molar refractivity (Wildman–Crippen MR) is 62.4 cm³/mol. The SMILES string of the molecule is CC1(C)CC1CNc1ccnc(NN)c1. The van der Waals surface area contributed by atoms with Gasteiger partial charge in [-0.2, -0.15) is 0 Å². The van der Waals surface area contributed by atoms with E-state index in [1.54, 1.807) is 6.20 Å². The van der Waals surface area contributed by atoms with E-state index in [4.69, 9.17) is 5.84 Å². The average molecular weight is 206 g/mol. The number of nitrogen functional groups attached to an aromatic ring is 1. The highest BCUT2D eigenvalue weighted by Crippen LogP contribution is 2.51. The first-order valence-corrected chi connectivity index (χ1v) is 5.28. The lowest BCUT2D eigenvalue weighted by atomic mass is 10.1. The van der Waals surface area contributed by atoms with Crippen LogP contribution in [0.15, 0.2) is 18.3 Å². The van der Waals surface area contributed by atoms with Gasteiger partial charge in [0.2, 0.25) is 0 Å². The first-order chi connectivity index (χ1) is 7.12. The molecule has 1 fully saturated rings. The van der Waals surface area contributed by atoms with Crippen LogP contribution in [-0.2, 0) is 0 Å². The number of nitrogens with one attached hydrogen (secondary N) is 2. The van der Waals surface area contributed by atoms with E-state index >= 15 is 0 Å². The highest BCUT2D eigenvalue weighted by Gasteiger charge is 2.44. The molecule has 1 aliphatic carbocycles. The quantitative estimate of drug-likeness (QED) is 0.519. The number of rotatable bonds is 4. The Bertz CT molecular complexity index is 348. The van der Waals surface area contributed by atoms with Gasteiger partial charge < -0.3 is 10.7 Å². The molecular weight excluding hydrogens is 188 g/mol. The topological polar surface area (TPSA) is 63.0 Å². The number of pyridine rings is 1. The smallest absolute Gasteiger partial charge is 0.141 e. The first-order valence-electron chi connectivity index (χ1n) is 5.28. The van der Waals surface area contributed by atoms with Crippen LogP contribution in [0, 0.1) is 11.3 Å². The zero-order chi connectivity index (χ0) is 10.9. The van der Waals surface area contributed by atoms with Gasteiger partial charge >= 0.3 is 0 Å². The third kappa shape index (κ3) is 2.39. The molecule has 15 heavy (non-hydrogen) atoms. The second-order valence-corrected chi connectivity index (χ2v) is 4.84. The zero-order valence-corrected chi connectivity index (χ0v) is 9.25. The molecule has 1 atom stereocenters. The standard InChI is InChI=1S/C11H18N4/c1-11(2)6-8(11)7-14-9-3-4-13-10(5-9)15-12/h3-5,8H,6-7,12H2,1-2H3,(H2,13,14,15). The summed E-state index contributed by atoms with van der Waals surface area (Å²) in [6.45, 7) is 5.64. The zero-order valence-electron chi connectivity index (χ0n) is 9.25. The number of aromatic nitrogens is 1. The first kappa shape index (κ1) is 10.2. The normalized spacial score (nSPS) is 22.2. The maximum Gasteiger partial charge on any atom is 0.141 e. The summed E-state index contributed by atoms with van der Waals surface area (Å²) in [4.78, 5) is 4.05. The second-order valence-electron chi connectivity index (χ2n) is 4.84. The number of hydrazine groups is 1. The molecule has 2 rings (SSSR count). The Morgan fingerprint density at radius 1 is 1.60 bits per heavy atom. The van der Waals surface area contributed by atoms with Crippen molar-refractivity contribution >= 4 is 11.5 Å². The second kappa shape index (κ2) is 3.70. The van der Waals surface area contributed by atoms with E-state index in [9.17, 15) is 0 Å². The van der Waals surface area contributed by atoms with Crippen LogP contribution in [0.25, 0.3) is 0 Å². The summed E-state index contributed by atoms with van der Waals surface area (Å²) in [5, 5.41) is 3.40. The molecule has 0 aliphatic heterocycles. The Morgan fingerprint density at radius 3 is 2.93 bits per heavy atom. The average Bonchev–Trinajstić information content (AvgIpc) is 2.84. The van der Waals surface area contributed by atoms with Crippen LogP contribution in [0.1, 0.15) is 20.3 Å². The van der Waals surface area contributed by atoms with Crippen LogP contribution in [0.5, 0.6) is 0 Å². The van der Waals surface area contributed by atoms with Crippen LogP contribution >= 0.6 is 0 Å². The van der Waals surface area contributed by atoms with Gasteiger partial charge in [-0.05, 0) is 23.8 Å².